The molecule has 3 nitrogen and oxygen atoms in total. The van der Waals surface area contributed by atoms with Gasteiger partial charge in [-0.15, -0.1) is 0 Å². The van der Waals surface area contributed by atoms with Gasteiger partial charge in [0, 0.05) is 38.8 Å². The van der Waals surface area contributed by atoms with Crippen LogP contribution in [0.5, 0.6) is 0 Å². The quantitative estimate of drug-likeness (QED) is 0.758. The van der Waals surface area contributed by atoms with Crippen LogP contribution in [0.1, 0.15) is 26.7 Å². The molecule has 2 rings (SSSR count). The molecule has 0 spiro atoms. The third-order valence-electron chi connectivity index (χ3n) is 3.86. The standard InChI is InChI=1S/C12H24N2O/c1-3-12-11(4-7-15-12)9-14-6-5-13-8-10(14)2/h10-13H,3-9H2,1-2H3. The molecule has 88 valence electrons. The molecule has 0 aromatic heterocycles. The van der Waals surface area contributed by atoms with Crippen LogP contribution in [0, 0.1) is 5.92 Å². The van der Waals surface area contributed by atoms with Gasteiger partial charge in [-0.2, -0.15) is 0 Å². The van der Waals surface area contributed by atoms with E-state index < -0.39 is 0 Å². The van der Waals surface area contributed by atoms with Crippen molar-refractivity contribution in [2.24, 2.45) is 5.92 Å². The van der Waals surface area contributed by atoms with E-state index in [2.05, 4.69) is 24.1 Å². The maximum atomic E-state index is 5.75. The molecular formula is C12H24N2O. The van der Waals surface area contributed by atoms with E-state index in [1.807, 2.05) is 0 Å². The number of piperazine rings is 1. The summed E-state index contributed by atoms with van der Waals surface area (Å²) in [5.41, 5.74) is 0. The van der Waals surface area contributed by atoms with E-state index in [1.54, 1.807) is 0 Å². The number of nitrogens with one attached hydrogen (secondary N) is 1. The highest BCUT2D eigenvalue weighted by Crippen LogP contribution is 2.25. The van der Waals surface area contributed by atoms with Gasteiger partial charge in [-0.1, -0.05) is 6.92 Å². The second kappa shape index (κ2) is 5.28. The van der Waals surface area contributed by atoms with Crippen molar-refractivity contribution < 1.29 is 4.74 Å². The molecule has 2 saturated heterocycles. The Morgan fingerprint density at radius 3 is 3.07 bits per heavy atom. The average Bonchev–Trinajstić information content (AvgIpc) is 2.69. The van der Waals surface area contributed by atoms with Gasteiger partial charge in [0.05, 0.1) is 6.10 Å². The number of hydrogen-bond acceptors (Lipinski definition) is 3. The van der Waals surface area contributed by atoms with Gasteiger partial charge in [0.15, 0.2) is 0 Å². The van der Waals surface area contributed by atoms with Crippen LogP contribution in [-0.4, -0.2) is 49.8 Å². The van der Waals surface area contributed by atoms with Crippen LogP contribution in [0.15, 0.2) is 0 Å². The SMILES string of the molecule is CCC1OCCC1CN1CCNCC1C. The fourth-order valence-corrected chi connectivity index (χ4v) is 2.81. The molecule has 2 fully saturated rings. The molecule has 0 saturated carbocycles. The second-order valence-corrected chi connectivity index (χ2v) is 4.91. The molecule has 3 heteroatoms. The Morgan fingerprint density at radius 1 is 1.47 bits per heavy atom. The smallest absolute Gasteiger partial charge is 0.0613 e. The summed E-state index contributed by atoms with van der Waals surface area (Å²) in [6.45, 7) is 10.3. The maximum absolute atomic E-state index is 5.75. The predicted molar refractivity (Wildman–Crippen MR) is 62.0 cm³/mol. The second-order valence-electron chi connectivity index (χ2n) is 4.91. The van der Waals surface area contributed by atoms with Crippen LogP contribution in [0.3, 0.4) is 0 Å². The Morgan fingerprint density at radius 2 is 2.33 bits per heavy atom. The summed E-state index contributed by atoms with van der Waals surface area (Å²) in [5.74, 6) is 0.774. The lowest BCUT2D eigenvalue weighted by Gasteiger charge is -2.36. The largest absolute Gasteiger partial charge is 0.378 e. The first-order chi connectivity index (χ1) is 7.31. The van der Waals surface area contributed by atoms with Gasteiger partial charge in [0.25, 0.3) is 0 Å². The van der Waals surface area contributed by atoms with Gasteiger partial charge in [-0.3, -0.25) is 4.90 Å². The summed E-state index contributed by atoms with van der Waals surface area (Å²) in [6, 6.07) is 0.692. The Kier molecular flexibility index (Phi) is 4.00. The minimum absolute atomic E-state index is 0.520. The van der Waals surface area contributed by atoms with E-state index in [0.717, 1.165) is 25.6 Å². The lowest BCUT2D eigenvalue weighted by molar-refractivity contribution is 0.0651. The average molecular weight is 212 g/mol. The molecule has 3 atom stereocenters. The minimum Gasteiger partial charge on any atom is -0.378 e. The zero-order valence-electron chi connectivity index (χ0n) is 10.0. The van der Waals surface area contributed by atoms with Crippen molar-refractivity contribution in [3.05, 3.63) is 0 Å². The van der Waals surface area contributed by atoms with Gasteiger partial charge in [0.1, 0.15) is 0 Å². The fraction of sp³-hybridized carbons (Fsp3) is 1.00. The summed E-state index contributed by atoms with van der Waals surface area (Å²) in [5, 5.41) is 3.44. The Hall–Kier alpha value is -0.120. The van der Waals surface area contributed by atoms with Crippen LogP contribution >= 0.6 is 0 Å². The van der Waals surface area contributed by atoms with Crippen LogP contribution < -0.4 is 5.32 Å². The summed E-state index contributed by atoms with van der Waals surface area (Å²) >= 11 is 0. The van der Waals surface area contributed by atoms with E-state index >= 15 is 0 Å². The van der Waals surface area contributed by atoms with Gasteiger partial charge < -0.3 is 10.1 Å². The van der Waals surface area contributed by atoms with Crippen molar-refractivity contribution in [3.63, 3.8) is 0 Å². The van der Waals surface area contributed by atoms with Crippen molar-refractivity contribution in [2.75, 3.05) is 32.8 Å². The Bertz CT molecular complexity index is 198. The first-order valence-corrected chi connectivity index (χ1v) is 6.37. The predicted octanol–water partition coefficient (Wildman–Crippen LogP) is 1.10. The number of hydrogen-bond donors (Lipinski definition) is 1. The summed E-state index contributed by atoms with van der Waals surface area (Å²) in [4.78, 5) is 2.62. The summed E-state index contributed by atoms with van der Waals surface area (Å²) in [7, 11) is 0. The molecule has 0 aromatic carbocycles. The van der Waals surface area contributed by atoms with E-state index in [9.17, 15) is 0 Å². The Labute approximate surface area is 93.2 Å². The van der Waals surface area contributed by atoms with Gasteiger partial charge >= 0.3 is 0 Å². The van der Waals surface area contributed by atoms with E-state index in [4.69, 9.17) is 4.74 Å². The van der Waals surface area contributed by atoms with E-state index in [1.165, 1.54) is 25.9 Å². The van der Waals surface area contributed by atoms with Gasteiger partial charge in [-0.05, 0) is 25.7 Å². The van der Waals surface area contributed by atoms with Crippen molar-refractivity contribution in [1.82, 2.24) is 10.2 Å². The van der Waals surface area contributed by atoms with Crippen LogP contribution in [0.2, 0.25) is 0 Å². The van der Waals surface area contributed by atoms with Crippen molar-refractivity contribution in [2.45, 2.75) is 38.8 Å². The van der Waals surface area contributed by atoms with Crippen LogP contribution in [0.25, 0.3) is 0 Å². The molecule has 0 amide bonds. The van der Waals surface area contributed by atoms with E-state index in [0.29, 0.717) is 12.1 Å². The molecule has 0 aliphatic carbocycles. The normalized spacial score (nSPS) is 38.4. The molecule has 2 aliphatic rings. The fourth-order valence-electron chi connectivity index (χ4n) is 2.81. The molecule has 2 aliphatic heterocycles. The van der Waals surface area contributed by atoms with Gasteiger partial charge in [-0.25, -0.2) is 0 Å². The first-order valence-electron chi connectivity index (χ1n) is 6.37. The van der Waals surface area contributed by atoms with E-state index in [-0.39, 0.29) is 0 Å². The van der Waals surface area contributed by atoms with Crippen LogP contribution in [0.4, 0.5) is 0 Å². The molecule has 0 radical (unpaired) electrons. The number of ether oxygens (including phenoxy) is 1. The molecular weight excluding hydrogens is 188 g/mol. The summed E-state index contributed by atoms with van der Waals surface area (Å²) < 4.78 is 5.75. The van der Waals surface area contributed by atoms with Crippen molar-refractivity contribution >= 4 is 0 Å². The Balaban J connectivity index is 1.84. The highest BCUT2D eigenvalue weighted by molar-refractivity contribution is 4.83. The first kappa shape index (κ1) is 11.4. The third kappa shape index (κ3) is 2.71. The maximum Gasteiger partial charge on any atom is 0.0613 e. The zero-order valence-corrected chi connectivity index (χ0v) is 10.0. The third-order valence-corrected chi connectivity index (χ3v) is 3.86. The van der Waals surface area contributed by atoms with Crippen molar-refractivity contribution in [3.8, 4) is 0 Å². The molecule has 1 N–H and O–H groups in total. The highest BCUT2D eigenvalue weighted by atomic mass is 16.5. The number of nitrogens with zero attached hydrogens (tertiary/aromatic N) is 1. The molecule has 15 heavy (non-hydrogen) atoms. The lowest BCUT2D eigenvalue weighted by Crippen LogP contribution is -2.51. The molecule has 3 unspecified atom stereocenters. The zero-order chi connectivity index (χ0) is 10.7. The minimum atomic E-state index is 0.520. The molecule has 0 aromatic rings. The molecule has 2 heterocycles. The van der Waals surface area contributed by atoms with Crippen molar-refractivity contribution in [1.29, 1.82) is 0 Å². The van der Waals surface area contributed by atoms with Gasteiger partial charge in [0.2, 0.25) is 0 Å². The topological polar surface area (TPSA) is 24.5 Å². The van der Waals surface area contributed by atoms with Crippen LogP contribution in [-0.2, 0) is 4.74 Å². The monoisotopic (exact) mass is 212 g/mol. The highest BCUT2D eigenvalue weighted by Gasteiger charge is 2.30. The molecule has 0 bridgehead atoms. The number of rotatable bonds is 3. The lowest BCUT2D eigenvalue weighted by atomic mass is 9.98. The summed E-state index contributed by atoms with van der Waals surface area (Å²) in [6.07, 6.45) is 2.95.